The number of hydrogen-bond acceptors (Lipinski definition) is 4. The Balaban J connectivity index is 1.50. The van der Waals surface area contributed by atoms with Crippen molar-refractivity contribution in [2.45, 2.75) is 24.8 Å². The Hall–Kier alpha value is -2.63. The molecule has 3 aliphatic rings. The van der Waals surface area contributed by atoms with Crippen molar-refractivity contribution in [2.75, 3.05) is 26.2 Å². The fourth-order valence-corrected chi connectivity index (χ4v) is 3.80. The van der Waals surface area contributed by atoms with Crippen molar-refractivity contribution >= 4 is 22.9 Å². The molecular formula is C19H19N3O3. The fraction of sp³-hybridized carbons (Fsp3) is 0.421. The number of para-hydroxylation sites is 1. The van der Waals surface area contributed by atoms with Crippen molar-refractivity contribution in [3.05, 3.63) is 41.6 Å². The summed E-state index contributed by atoms with van der Waals surface area (Å²) < 4.78 is 5.10. The lowest BCUT2D eigenvalue weighted by Gasteiger charge is -2.35. The molecule has 2 aromatic rings. The smallest absolute Gasteiger partial charge is 0.410 e. The molecule has 1 aromatic carbocycles. The van der Waals surface area contributed by atoms with Crippen LogP contribution in [-0.2, 0) is 4.74 Å². The van der Waals surface area contributed by atoms with E-state index < -0.39 is 0 Å². The van der Waals surface area contributed by atoms with Crippen molar-refractivity contribution in [3.8, 4) is 0 Å². The second-order valence-electron chi connectivity index (χ2n) is 7.06. The van der Waals surface area contributed by atoms with E-state index in [2.05, 4.69) is 0 Å². The van der Waals surface area contributed by atoms with E-state index in [0.717, 1.165) is 35.0 Å². The van der Waals surface area contributed by atoms with Crippen LogP contribution in [0.3, 0.4) is 0 Å². The van der Waals surface area contributed by atoms with Crippen molar-refractivity contribution in [3.63, 3.8) is 0 Å². The molecule has 1 aliphatic carbocycles. The van der Waals surface area contributed by atoms with Gasteiger partial charge in [-0.3, -0.25) is 14.7 Å². The fourth-order valence-electron chi connectivity index (χ4n) is 3.80. The van der Waals surface area contributed by atoms with Gasteiger partial charge < -0.3 is 9.64 Å². The summed E-state index contributed by atoms with van der Waals surface area (Å²) in [6.07, 6.45) is 2.04. The first-order chi connectivity index (χ1) is 12.2. The number of cyclic esters (lactones) is 1. The van der Waals surface area contributed by atoms with Crippen LogP contribution < -0.4 is 0 Å². The van der Waals surface area contributed by atoms with Gasteiger partial charge in [0.05, 0.1) is 17.1 Å². The van der Waals surface area contributed by atoms with Crippen LogP contribution in [0.4, 0.5) is 4.79 Å². The number of carbonyl (C=O) groups excluding carboxylic acids is 2. The number of amides is 2. The first-order valence-electron chi connectivity index (χ1n) is 8.83. The average Bonchev–Trinajstić information content (AvgIpc) is 3.44. The SMILES string of the molecule is O=C(c1cc(C2CC2)nc2ccccc12)N1CCN2C(=O)OC[C@@H]2C1. The molecule has 0 spiro atoms. The molecule has 0 radical (unpaired) electrons. The van der Waals surface area contributed by atoms with Gasteiger partial charge in [-0.15, -0.1) is 0 Å². The van der Waals surface area contributed by atoms with Gasteiger partial charge in [0.1, 0.15) is 6.61 Å². The Morgan fingerprint density at radius 3 is 2.88 bits per heavy atom. The predicted octanol–water partition coefficient (Wildman–Crippen LogP) is 2.39. The van der Waals surface area contributed by atoms with Gasteiger partial charge >= 0.3 is 6.09 Å². The van der Waals surface area contributed by atoms with Crippen LogP contribution in [0.2, 0.25) is 0 Å². The summed E-state index contributed by atoms with van der Waals surface area (Å²) in [5.74, 6) is 0.522. The maximum atomic E-state index is 13.2. The molecule has 3 fully saturated rings. The number of carbonyl (C=O) groups is 2. The number of aromatic nitrogens is 1. The third kappa shape index (κ3) is 2.44. The molecule has 0 N–H and O–H groups in total. The second-order valence-corrected chi connectivity index (χ2v) is 7.06. The molecule has 2 amide bonds. The zero-order chi connectivity index (χ0) is 17.0. The van der Waals surface area contributed by atoms with E-state index in [-0.39, 0.29) is 18.0 Å². The molecule has 1 atom stereocenters. The Morgan fingerprint density at radius 1 is 1.20 bits per heavy atom. The zero-order valence-electron chi connectivity index (χ0n) is 13.9. The van der Waals surface area contributed by atoms with Gasteiger partial charge in [0, 0.05) is 36.6 Å². The molecule has 128 valence electrons. The van der Waals surface area contributed by atoms with Crippen LogP contribution in [0.5, 0.6) is 0 Å². The summed E-state index contributed by atoms with van der Waals surface area (Å²) in [5, 5.41) is 0.901. The minimum absolute atomic E-state index is 0.0267. The number of ether oxygens (including phenoxy) is 1. The summed E-state index contributed by atoms with van der Waals surface area (Å²) in [5.41, 5.74) is 2.64. The molecule has 5 rings (SSSR count). The summed E-state index contributed by atoms with van der Waals surface area (Å²) in [6, 6.07) is 9.79. The number of hydrogen-bond donors (Lipinski definition) is 0. The molecule has 6 heteroatoms. The Morgan fingerprint density at radius 2 is 2.04 bits per heavy atom. The van der Waals surface area contributed by atoms with Gasteiger partial charge in [0.2, 0.25) is 0 Å². The number of benzene rings is 1. The van der Waals surface area contributed by atoms with E-state index in [9.17, 15) is 9.59 Å². The molecule has 0 bridgehead atoms. The highest BCUT2D eigenvalue weighted by Gasteiger charge is 2.39. The average molecular weight is 337 g/mol. The molecule has 6 nitrogen and oxygen atoms in total. The Bertz CT molecular complexity index is 877. The quantitative estimate of drug-likeness (QED) is 0.844. The van der Waals surface area contributed by atoms with Crippen LogP contribution in [0.1, 0.15) is 34.8 Å². The zero-order valence-corrected chi connectivity index (χ0v) is 13.9. The summed E-state index contributed by atoms with van der Waals surface area (Å²) >= 11 is 0. The van der Waals surface area contributed by atoms with Gasteiger partial charge in [-0.05, 0) is 25.0 Å². The van der Waals surface area contributed by atoms with Crippen LogP contribution >= 0.6 is 0 Å². The van der Waals surface area contributed by atoms with Crippen LogP contribution in [0.25, 0.3) is 10.9 Å². The predicted molar refractivity (Wildman–Crippen MR) is 91.5 cm³/mol. The minimum atomic E-state index is -0.262. The van der Waals surface area contributed by atoms with Gasteiger partial charge in [-0.25, -0.2) is 4.79 Å². The largest absolute Gasteiger partial charge is 0.447 e. The summed E-state index contributed by atoms with van der Waals surface area (Å²) in [4.78, 5) is 33.2. The van der Waals surface area contributed by atoms with E-state index in [1.54, 1.807) is 4.90 Å². The highest BCUT2D eigenvalue weighted by molar-refractivity contribution is 6.06. The van der Waals surface area contributed by atoms with Crippen LogP contribution in [0, 0.1) is 0 Å². The normalized spacial score (nSPS) is 22.9. The molecule has 3 heterocycles. The Kier molecular flexibility index (Phi) is 3.20. The van der Waals surface area contributed by atoms with Crippen molar-refractivity contribution in [1.29, 1.82) is 0 Å². The first kappa shape index (κ1) is 14.7. The maximum Gasteiger partial charge on any atom is 0.410 e. The maximum absolute atomic E-state index is 13.2. The highest BCUT2D eigenvalue weighted by Crippen LogP contribution is 2.40. The number of nitrogens with zero attached hydrogens (tertiary/aromatic N) is 3. The minimum Gasteiger partial charge on any atom is -0.447 e. The molecule has 1 aromatic heterocycles. The van der Waals surface area contributed by atoms with E-state index in [4.69, 9.17) is 9.72 Å². The summed E-state index contributed by atoms with van der Waals surface area (Å²) in [6.45, 7) is 1.97. The first-order valence-corrected chi connectivity index (χ1v) is 8.83. The van der Waals surface area contributed by atoms with Crippen molar-refractivity contribution in [2.24, 2.45) is 0 Å². The number of pyridine rings is 1. The molecule has 25 heavy (non-hydrogen) atoms. The van der Waals surface area contributed by atoms with E-state index in [1.165, 1.54) is 0 Å². The molecule has 2 aliphatic heterocycles. The second kappa shape index (κ2) is 5.44. The van der Waals surface area contributed by atoms with Gasteiger partial charge in [0.25, 0.3) is 5.91 Å². The van der Waals surface area contributed by atoms with E-state index in [0.29, 0.717) is 32.2 Å². The standard InChI is InChI=1S/C19H19N3O3/c23-18(21-7-8-22-13(10-21)11-25-19(22)24)15-9-17(12-5-6-12)20-16-4-2-1-3-14(15)16/h1-4,9,12-13H,5-8,10-11H2/t13-/m0/s1. The summed E-state index contributed by atoms with van der Waals surface area (Å²) in [7, 11) is 0. The van der Waals surface area contributed by atoms with E-state index >= 15 is 0 Å². The monoisotopic (exact) mass is 337 g/mol. The molecule has 0 unspecified atom stereocenters. The third-order valence-corrected chi connectivity index (χ3v) is 5.37. The van der Waals surface area contributed by atoms with Gasteiger partial charge in [-0.2, -0.15) is 0 Å². The van der Waals surface area contributed by atoms with E-state index in [1.807, 2.05) is 35.2 Å². The molecule has 2 saturated heterocycles. The van der Waals surface area contributed by atoms with Gasteiger partial charge in [-0.1, -0.05) is 18.2 Å². The van der Waals surface area contributed by atoms with Crippen molar-refractivity contribution in [1.82, 2.24) is 14.8 Å². The number of rotatable bonds is 2. The van der Waals surface area contributed by atoms with Gasteiger partial charge in [0.15, 0.2) is 0 Å². The number of fused-ring (bicyclic) bond motifs is 2. The van der Waals surface area contributed by atoms with Crippen molar-refractivity contribution < 1.29 is 14.3 Å². The topological polar surface area (TPSA) is 62.7 Å². The lowest BCUT2D eigenvalue weighted by atomic mass is 10.0. The number of piperazine rings is 1. The third-order valence-electron chi connectivity index (χ3n) is 5.37. The van der Waals surface area contributed by atoms with Crippen LogP contribution in [0.15, 0.2) is 30.3 Å². The van der Waals surface area contributed by atoms with Crippen LogP contribution in [-0.4, -0.2) is 59.1 Å². The molecular weight excluding hydrogens is 318 g/mol. The molecule has 1 saturated carbocycles. The lowest BCUT2D eigenvalue weighted by molar-refractivity contribution is 0.0618. The Labute approximate surface area is 145 Å². The lowest BCUT2D eigenvalue weighted by Crippen LogP contribution is -2.53. The highest BCUT2D eigenvalue weighted by atomic mass is 16.6.